The number of carbonyl (C=O) groups is 1. The summed E-state index contributed by atoms with van der Waals surface area (Å²) in [4.78, 5) is 14.2. The molecule has 1 aromatic heterocycles. The number of aromatic nitrogens is 1. The lowest BCUT2D eigenvalue weighted by atomic mass is 9.96. The molecule has 1 saturated heterocycles. The minimum Gasteiger partial charge on any atom is -0.391 e. The number of rotatable bonds is 3. The molecular weight excluding hydrogens is 228 g/mol. The number of aryl methyl sites for hydroxylation is 1. The summed E-state index contributed by atoms with van der Waals surface area (Å²) >= 11 is 0. The summed E-state index contributed by atoms with van der Waals surface area (Å²) < 4.78 is 1.99. The Bertz CT molecular complexity index is 414. The molecule has 0 bridgehead atoms. The summed E-state index contributed by atoms with van der Waals surface area (Å²) in [5.74, 6) is 0.330. The van der Waals surface area contributed by atoms with Crippen molar-refractivity contribution >= 4 is 5.91 Å². The van der Waals surface area contributed by atoms with Crippen LogP contribution in [0.5, 0.6) is 0 Å². The number of nitrogens with zero attached hydrogens (tertiary/aromatic N) is 2. The van der Waals surface area contributed by atoms with E-state index in [2.05, 4.69) is 6.92 Å². The lowest BCUT2D eigenvalue weighted by Crippen LogP contribution is -2.46. The van der Waals surface area contributed by atoms with E-state index in [9.17, 15) is 9.90 Å². The summed E-state index contributed by atoms with van der Waals surface area (Å²) in [6.45, 7) is 6.19. The van der Waals surface area contributed by atoms with Crippen LogP contribution in [0, 0.1) is 5.92 Å². The van der Waals surface area contributed by atoms with Gasteiger partial charge >= 0.3 is 0 Å². The maximum Gasteiger partial charge on any atom is 0.270 e. The van der Waals surface area contributed by atoms with Gasteiger partial charge in [0.2, 0.25) is 0 Å². The molecule has 1 amide bonds. The van der Waals surface area contributed by atoms with E-state index in [1.54, 1.807) is 4.90 Å². The van der Waals surface area contributed by atoms with E-state index in [1.165, 1.54) is 0 Å². The van der Waals surface area contributed by atoms with Crippen LogP contribution in [-0.2, 0) is 6.54 Å². The van der Waals surface area contributed by atoms with Gasteiger partial charge in [0.25, 0.3) is 5.91 Å². The zero-order valence-corrected chi connectivity index (χ0v) is 11.2. The quantitative estimate of drug-likeness (QED) is 0.888. The second-order valence-corrected chi connectivity index (χ2v) is 5.17. The highest BCUT2D eigenvalue weighted by Crippen LogP contribution is 2.19. The van der Waals surface area contributed by atoms with Crippen LogP contribution in [0.4, 0.5) is 0 Å². The SMILES string of the molecule is CCCn1cccc1C(=O)N1CCC(C)C(O)C1. The van der Waals surface area contributed by atoms with Crippen molar-refractivity contribution in [3.8, 4) is 0 Å². The molecule has 0 aromatic carbocycles. The molecule has 2 rings (SSSR count). The molecule has 1 aromatic rings. The molecule has 1 aliphatic heterocycles. The molecular formula is C14H22N2O2. The van der Waals surface area contributed by atoms with Gasteiger partial charge in [-0.25, -0.2) is 0 Å². The van der Waals surface area contributed by atoms with Gasteiger partial charge in [-0.05, 0) is 30.9 Å². The maximum absolute atomic E-state index is 12.4. The minimum atomic E-state index is -0.391. The lowest BCUT2D eigenvalue weighted by Gasteiger charge is -2.34. The van der Waals surface area contributed by atoms with Crippen LogP contribution < -0.4 is 0 Å². The van der Waals surface area contributed by atoms with Gasteiger partial charge in [0.05, 0.1) is 6.10 Å². The first kappa shape index (κ1) is 13.1. The molecule has 1 fully saturated rings. The van der Waals surface area contributed by atoms with Crippen molar-refractivity contribution in [2.45, 2.75) is 39.3 Å². The largest absolute Gasteiger partial charge is 0.391 e. The smallest absolute Gasteiger partial charge is 0.270 e. The zero-order valence-electron chi connectivity index (χ0n) is 11.2. The van der Waals surface area contributed by atoms with E-state index in [4.69, 9.17) is 0 Å². The van der Waals surface area contributed by atoms with Gasteiger partial charge in [0.15, 0.2) is 0 Å². The molecule has 18 heavy (non-hydrogen) atoms. The third-order valence-corrected chi connectivity index (χ3v) is 3.72. The summed E-state index contributed by atoms with van der Waals surface area (Å²) in [6, 6.07) is 3.77. The van der Waals surface area contributed by atoms with E-state index >= 15 is 0 Å². The molecule has 0 spiro atoms. The molecule has 1 N–H and O–H groups in total. The lowest BCUT2D eigenvalue weighted by molar-refractivity contribution is 0.0242. The third kappa shape index (κ3) is 2.58. The first-order valence-electron chi connectivity index (χ1n) is 6.76. The number of amides is 1. The third-order valence-electron chi connectivity index (χ3n) is 3.72. The van der Waals surface area contributed by atoms with Crippen molar-refractivity contribution in [2.24, 2.45) is 5.92 Å². The number of likely N-dealkylation sites (tertiary alicyclic amines) is 1. The number of aliphatic hydroxyl groups excluding tert-OH is 1. The topological polar surface area (TPSA) is 45.5 Å². The summed E-state index contributed by atoms with van der Waals surface area (Å²) in [5, 5.41) is 9.87. The standard InChI is InChI=1S/C14H22N2O2/c1-3-7-15-8-4-5-12(15)14(18)16-9-6-11(2)13(17)10-16/h4-5,8,11,13,17H,3,6-7,9-10H2,1-2H3. The fourth-order valence-electron chi connectivity index (χ4n) is 2.44. The Kier molecular flexibility index (Phi) is 4.07. The molecule has 4 heteroatoms. The highest BCUT2D eigenvalue weighted by Gasteiger charge is 2.28. The number of aliphatic hydroxyl groups is 1. The fourth-order valence-corrected chi connectivity index (χ4v) is 2.44. The van der Waals surface area contributed by atoms with Crippen LogP contribution in [0.2, 0.25) is 0 Å². The first-order valence-corrected chi connectivity index (χ1v) is 6.76. The molecule has 0 radical (unpaired) electrons. The van der Waals surface area contributed by atoms with E-state index in [0.717, 1.165) is 31.6 Å². The Balaban J connectivity index is 2.09. The molecule has 0 saturated carbocycles. The van der Waals surface area contributed by atoms with Crippen molar-refractivity contribution in [1.82, 2.24) is 9.47 Å². The molecule has 1 aliphatic rings. The predicted octanol–water partition coefficient (Wildman–Crippen LogP) is 1.74. The van der Waals surface area contributed by atoms with E-state index < -0.39 is 6.10 Å². The van der Waals surface area contributed by atoms with Gasteiger partial charge < -0.3 is 14.6 Å². The van der Waals surface area contributed by atoms with Gasteiger partial charge in [-0.15, -0.1) is 0 Å². The van der Waals surface area contributed by atoms with Crippen LogP contribution in [-0.4, -0.2) is 39.7 Å². The second-order valence-electron chi connectivity index (χ2n) is 5.17. The van der Waals surface area contributed by atoms with Gasteiger partial charge in [0.1, 0.15) is 5.69 Å². The minimum absolute atomic E-state index is 0.0411. The molecule has 2 heterocycles. The van der Waals surface area contributed by atoms with E-state index in [-0.39, 0.29) is 11.8 Å². The Morgan fingerprint density at radius 3 is 3.00 bits per heavy atom. The van der Waals surface area contributed by atoms with E-state index in [0.29, 0.717) is 6.54 Å². The Morgan fingerprint density at radius 1 is 1.56 bits per heavy atom. The molecule has 2 unspecified atom stereocenters. The van der Waals surface area contributed by atoms with Crippen molar-refractivity contribution in [1.29, 1.82) is 0 Å². The number of β-amino-alcohol motifs (C(OH)–C–C–N with tert-alkyl or cyclic N) is 1. The predicted molar refractivity (Wildman–Crippen MR) is 70.4 cm³/mol. The number of hydrogen-bond donors (Lipinski definition) is 1. The molecule has 2 atom stereocenters. The molecule has 100 valence electrons. The normalized spacial score (nSPS) is 24.3. The van der Waals surface area contributed by atoms with Gasteiger partial charge in [-0.2, -0.15) is 0 Å². The van der Waals surface area contributed by atoms with Crippen molar-refractivity contribution in [3.05, 3.63) is 24.0 Å². The number of carbonyl (C=O) groups excluding carboxylic acids is 1. The second kappa shape index (κ2) is 5.57. The van der Waals surface area contributed by atoms with Gasteiger partial charge in [-0.3, -0.25) is 4.79 Å². The fraction of sp³-hybridized carbons (Fsp3) is 0.643. The Morgan fingerprint density at radius 2 is 2.33 bits per heavy atom. The summed E-state index contributed by atoms with van der Waals surface area (Å²) in [6.07, 6.45) is 3.44. The summed E-state index contributed by atoms with van der Waals surface area (Å²) in [5.41, 5.74) is 0.735. The van der Waals surface area contributed by atoms with Crippen LogP contribution in [0.15, 0.2) is 18.3 Å². The van der Waals surface area contributed by atoms with Crippen LogP contribution in [0.1, 0.15) is 37.2 Å². The zero-order chi connectivity index (χ0) is 13.1. The molecule has 4 nitrogen and oxygen atoms in total. The van der Waals surface area contributed by atoms with Crippen LogP contribution >= 0.6 is 0 Å². The average molecular weight is 250 g/mol. The highest BCUT2D eigenvalue weighted by atomic mass is 16.3. The first-order chi connectivity index (χ1) is 8.63. The highest BCUT2D eigenvalue weighted by molar-refractivity contribution is 5.92. The number of piperidine rings is 1. The maximum atomic E-state index is 12.4. The Labute approximate surface area is 108 Å². The van der Waals surface area contributed by atoms with Gasteiger partial charge in [-0.1, -0.05) is 13.8 Å². The van der Waals surface area contributed by atoms with Crippen molar-refractivity contribution in [3.63, 3.8) is 0 Å². The number of hydrogen-bond acceptors (Lipinski definition) is 2. The van der Waals surface area contributed by atoms with E-state index in [1.807, 2.05) is 29.8 Å². The Hall–Kier alpha value is -1.29. The monoisotopic (exact) mass is 250 g/mol. The van der Waals surface area contributed by atoms with Crippen LogP contribution in [0.25, 0.3) is 0 Å². The van der Waals surface area contributed by atoms with Crippen LogP contribution in [0.3, 0.4) is 0 Å². The molecule has 0 aliphatic carbocycles. The average Bonchev–Trinajstić information content (AvgIpc) is 2.80. The van der Waals surface area contributed by atoms with Gasteiger partial charge in [0, 0.05) is 25.8 Å². The summed E-state index contributed by atoms with van der Waals surface area (Å²) in [7, 11) is 0. The van der Waals surface area contributed by atoms with Crippen molar-refractivity contribution in [2.75, 3.05) is 13.1 Å². The van der Waals surface area contributed by atoms with Crippen molar-refractivity contribution < 1.29 is 9.90 Å².